The van der Waals surface area contributed by atoms with Crippen LogP contribution in [0.3, 0.4) is 0 Å². The van der Waals surface area contributed by atoms with E-state index >= 15 is 0 Å². The molecule has 0 atom stereocenters. The molecule has 0 bridgehead atoms. The molecule has 0 saturated carbocycles. The van der Waals surface area contributed by atoms with Crippen molar-refractivity contribution in [1.29, 1.82) is 0 Å². The van der Waals surface area contributed by atoms with Crippen LogP contribution in [0.15, 0.2) is 219 Å². The summed E-state index contributed by atoms with van der Waals surface area (Å²) >= 11 is 0. The van der Waals surface area contributed by atoms with Gasteiger partial charge in [0.25, 0.3) is 0 Å². The van der Waals surface area contributed by atoms with Crippen LogP contribution in [-0.2, 0) is 46.3 Å². The highest BCUT2D eigenvalue weighted by molar-refractivity contribution is 7.62. The minimum absolute atomic E-state index is 0.262. The van der Waals surface area contributed by atoms with E-state index in [-0.39, 0.29) is 39.6 Å². The second-order valence-electron chi connectivity index (χ2n) is 18.4. The van der Waals surface area contributed by atoms with Crippen molar-refractivity contribution in [2.45, 2.75) is 47.0 Å². The fourth-order valence-electron chi connectivity index (χ4n) is 10.0. The van der Waals surface area contributed by atoms with Gasteiger partial charge in [-0.1, -0.05) is 121 Å². The van der Waals surface area contributed by atoms with Crippen LogP contribution in [0.4, 0.5) is 0 Å². The molecule has 0 unspecified atom stereocenters. The molecule has 14 heteroatoms. The van der Waals surface area contributed by atoms with Gasteiger partial charge in [-0.25, -0.2) is 0 Å². The molecule has 404 valence electrons. The SMILES string of the molecule is CCOP(=O)(OCC)c1ccc(-c2ccc(C(c3ccc(-c4ccc(P(=O)(OCC)OCC)cc4)cc3)(c3ccc(-c4ccc(P(=O)(OCC)OCC)cc4)cc3)c3ccc(-[n+]4ccc(-c5ccncc5)cc4)cc3)cc2)cc1. The quantitative estimate of drug-likeness (QED) is 0.0328. The summed E-state index contributed by atoms with van der Waals surface area (Å²) in [4.78, 5) is 4.19. The van der Waals surface area contributed by atoms with Crippen molar-refractivity contribution in [2.24, 2.45) is 0 Å². The first kappa shape index (κ1) is 57.0. The Morgan fingerprint density at radius 3 is 0.810 bits per heavy atom. The van der Waals surface area contributed by atoms with Crippen molar-refractivity contribution in [3.05, 3.63) is 241 Å². The minimum Gasteiger partial charge on any atom is -0.305 e. The Morgan fingerprint density at radius 2 is 0.544 bits per heavy atom. The molecule has 9 rings (SSSR count). The molecule has 0 aliphatic heterocycles. The van der Waals surface area contributed by atoms with Crippen LogP contribution < -0.4 is 20.5 Å². The molecule has 2 heterocycles. The molecule has 2 aromatic heterocycles. The summed E-state index contributed by atoms with van der Waals surface area (Å²) in [6.45, 7) is 12.4. The average molecular weight is 1110 g/mol. The summed E-state index contributed by atoms with van der Waals surface area (Å²) in [6.07, 6.45) is 7.75. The first-order chi connectivity index (χ1) is 38.4. The summed E-state index contributed by atoms with van der Waals surface area (Å²) in [7, 11) is -10.4. The highest BCUT2D eigenvalue weighted by Gasteiger charge is 2.39. The van der Waals surface area contributed by atoms with Crippen LogP contribution in [0, 0.1) is 0 Å². The third-order valence-electron chi connectivity index (χ3n) is 13.7. The zero-order valence-corrected chi connectivity index (χ0v) is 48.1. The maximum atomic E-state index is 13.7. The smallest absolute Gasteiger partial charge is 0.305 e. The molecule has 11 nitrogen and oxygen atoms in total. The van der Waals surface area contributed by atoms with Gasteiger partial charge in [0.15, 0.2) is 12.4 Å². The number of rotatable bonds is 24. The first-order valence-corrected chi connectivity index (χ1v) is 31.4. The molecule has 0 N–H and O–H groups in total. The van der Waals surface area contributed by atoms with Crippen molar-refractivity contribution in [1.82, 2.24) is 4.98 Å². The fraction of sp³-hybridized carbons (Fsp3) is 0.200. The van der Waals surface area contributed by atoms with Gasteiger partial charge in [-0.15, -0.1) is 0 Å². The van der Waals surface area contributed by atoms with Crippen LogP contribution in [-0.4, -0.2) is 44.6 Å². The van der Waals surface area contributed by atoms with E-state index < -0.39 is 28.2 Å². The summed E-state index contributed by atoms with van der Waals surface area (Å²) in [5, 5.41) is 1.52. The summed E-state index contributed by atoms with van der Waals surface area (Å²) in [5.41, 5.74) is 12.1. The molecule has 0 amide bonds. The largest absolute Gasteiger partial charge is 0.361 e. The van der Waals surface area contributed by atoms with Crippen molar-refractivity contribution < 1.29 is 45.4 Å². The molecule has 0 radical (unpaired) electrons. The van der Waals surface area contributed by atoms with E-state index in [0.717, 1.165) is 72.4 Å². The number of hydrogen-bond donors (Lipinski definition) is 0. The van der Waals surface area contributed by atoms with Gasteiger partial charge in [-0.3, -0.25) is 18.7 Å². The number of hydrogen-bond acceptors (Lipinski definition) is 10. The maximum Gasteiger partial charge on any atom is 0.361 e. The number of aromatic nitrogens is 2. The lowest BCUT2D eigenvalue weighted by molar-refractivity contribution is -0.595. The van der Waals surface area contributed by atoms with Gasteiger partial charge in [-0.05, 0) is 157 Å². The summed E-state index contributed by atoms with van der Waals surface area (Å²) < 4.78 is 77.1. The number of pyridine rings is 2. The molecular formula is C65H66N2O9P3+. The monoisotopic (exact) mass is 1110 g/mol. The predicted octanol–water partition coefficient (Wildman–Crippen LogP) is 15.1. The van der Waals surface area contributed by atoms with E-state index in [1.54, 1.807) is 53.9 Å². The van der Waals surface area contributed by atoms with Crippen LogP contribution in [0.2, 0.25) is 0 Å². The highest BCUT2D eigenvalue weighted by Crippen LogP contribution is 2.50. The van der Waals surface area contributed by atoms with E-state index in [2.05, 4.69) is 131 Å². The molecule has 7 aromatic carbocycles. The number of nitrogens with zero attached hydrogens (tertiary/aromatic N) is 2. The Kier molecular flexibility index (Phi) is 18.5. The standard InChI is InChI=1S/C65H66N2O9P3/c1-7-71-77(68,72-8-2)62-35-19-52(20-36-62)49-13-25-57(26-14-49)65(60-31-33-61(34-32-60)67-47-43-56(44-48-67)55-41-45-66-46-42-55,58-27-15-50(16-28-58)53-21-37-63(38-22-53)78(69,73-9-3)74-10-4)59-29-17-51(18-30-59)54-23-39-64(40-24-54)79(70,75-11-5)76-12-6/h13-48H,7-12H2,1-6H3/q+1. The Bertz CT molecular complexity index is 3250. The van der Waals surface area contributed by atoms with E-state index in [9.17, 15) is 13.7 Å². The van der Waals surface area contributed by atoms with Gasteiger partial charge in [0.1, 0.15) is 0 Å². The van der Waals surface area contributed by atoms with Gasteiger partial charge in [0.2, 0.25) is 5.69 Å². The Hall–Kier alpha value is -6.71. The minimum atomic E-state index is -3.48. The molecule has 0 fully saturated rings. The normalized spacial score (nSPS) is 12.2. The van der Waals surface area contributed by atoms with Gasteiger partial charge >= 0.3 is 22.8 Å². The van der Waals surface area contributed by atoms with E-state index in [1.165, 1.54) is 0 Å². The van der Waals surface area contributed by atoms with Crippen molar-refractivity contribution >= 4 is 38.7 Å². The first-order valence-electron chi connectivity index (χ1n) is 26.8. The Balaban J connectivity index is 1.18. The van der Waals surface area contributed by atoms with Crippen molar-refractivity contribution in [2.75, 3.05) is 39.6 Å². The van der Waals surface area contributed by atoms with Gasteiger partial charge in [-0.2, -0.15) is 4.57 Å². The molecule has 0 spiro atoms. The third kappa shape index (κ3) is 12.2. The molecule has 0 aliphatic carbocycles. The molecule has 79 heavy (non-hydrogen) atoms. The van der Waals surface area contributed by atoms with Gasteiger partial charge in [0, 0.05) is 36.7 Å². The van der Waals surface area contributed by atoms with E-state index in [4.69, 9.17) is 27.1 Å². The lowest BCUT2D eigenvalue weighted by atomic mass is 9.64. The summed E-state index contributed by atoms with van der Waals surface area (Å²) in [5.74, 6) is 0. The Morgan fingerprint density at radius 1 is 0.316 bits per heavy atom. The van der Waals surface area contributed by atoms with Crippen molar-refractivity contribution in [3.63, 3.8) is 0 Å². The molecule has 0 aliphatic rings. The van der Waals surface area contributed by atoms with Gasteiger partial charge in [0.05, 0.1) is 61.0 Å². The topological polar surface area (TPSA) is 123 Å². The maximum absolute atomic E-state index is 13.7. The summed E-state index contributed by atoms with van der Waals surface area (Å²) in [6, 6.07) is 65.6. The van der Waals surface area contributed by atoms with Crippen LogP contribution in [0.5, 0.6) is 0 Å². The van der Waals surface area contributed by atoms with E-state index in [1.807, 2.05) is 84.9 Å². The fourth-order valence-corrected chi connectivity index (χ4v) is 14.7. The second-order valence-corrected chi connectivity index (χ2v) is 24.5. The predicted molar refractivity (Wildman–Crippen MR) is 317 cm³/mol. The van der Waals surface area contributed by atoms with Gasteiger partial charge < -0.3 is 27.1 Å². The Labute approximate surface area is 464 Å². The number of benzene rings is 7. The van der Waals surface area contributed by atoms with Crippen LogP contribution in [0.25, 0.3) is 50.2 Å². The highest BCUT2D eigenvalue weighted by atomic mass is 31.2. The zero-order valence-electron chi connectivity index (χ0n) is 45.4. The van der Waals surface area contributed by atoms with Crippen LogP contribution >= 0.6 is 22.8 Å². The average Bonchev–Trinajstić information content (AvgIpc) is 3.52. The molecular weight excluding hydrogens is 1050 g/mol. The second kappa shape index (κ2) is 25.6. The molecule has 9 aromatic rings. The third-order valence-corrected chi connectivity index (χ3v) is 20.1. The zero-order chi connectivity index (χ0) is 55.5. The lowest BCUT2D eigenvalue weighted by Gasteiger charge is -2.37. The van der Waals surface area contributed by atoms with E-state index in [0.29, 0.717) is 15.9 Å². The van der Waals surface area contributed by atoms with Crippen molar-refractivity contribution in [3.8, 4) is 50.2 Å². The molecule has 0 saturated heterocycles. The lowest BCUT2D eigenvalue weighted by Crippen LogP contribution is -2.32. The van der Waals surface area contributed by atoms with Crippen LogP contribution in [0.1, 0.15) is 63.8 Å².